The maximum Gasteiger partial charge on any atom is 0.159 e. The number of hydrogen-bond donors (Lipinski definition) is 2. The van der Waals surface area contributed by atoms with Crippen LogP contribution in [-0.4, -0.2) is 16.6 Å². The van der Waals surface area contributed by atoms with Gasteiger partial charge in [-0.2, -0.15) is 0 Å². The molecule has 0 amide bonds. The van der Waals surface area contributed by atoms with E-state index in [2.05, 4.69) is 0 Å². The van der Waals surface area contributed by atoms with Crippen LogP contribution in [0.4, 0.5) is 0 Å². The number of phenolic OH excluding ortho intramolecular Hbond substituents is 1. The average molecular weight is 177 g/mol. The fraction of sp³-hybridized carbons (Fsp3) is 0.200. The molecule has 0 bridgehead atoms. The van der Waals surface area contributed by atoms with Gasteiger partial charge in [0.25, 0.3) is 0 Å². The Morgan fingerprint density at radius 2 is 2.00 bits per heavy atom. The molecule has 0 aliphatic rings. The van der Waals surface area contributed by atoms with Crippen molar-refractivity contribution in [2.24, 2.45) is 0 Å². The third-order valence-corrected chi connectivity index (χ3v) is 1.81. The zero-order valence-electron chi connectivity index (χ0n) is 7.59. The van der Waals surface area contributed by atoms with Crippen LogP contribution in [0.15, 0.2) is 18.2 Å². The molecule has 0 heterocycles. The molecular formula is C10H11NO2. The van der Waals surface area contributed by atoms with Crippen molar-refractivity contribution in [2.75, 3.05) is 0 Å². The first kappa shape index (κ1) is 9.45. The summed E-state index contributed by atoms with van der Waals surface area (Å²) >= 11 is 0. The Morgan fingerprint density at radius 1 is 1.38 bits per heavy atom. The summed E-state index contributed by atoms with van der Waals surface area (Å²) in [5, 5.41) is 16.7. The predicted molar refractivity (Wildman–Crippen MR) is 50.6 cm³/mol. The lowest BCUT2D eigenvalue weighted by atomic mass is 10.1. The van der Waals surface area contributed by atoms with Crippen LogP contribution in [0.1, 0.15) is 29.8 Å². The van der Waals surface area contributed by atoms with Gasteiger partial charge in [0.1, 0.15) is 5.75 Å². The van der Waals surface area contributed by atoms with Gasteiger partial charge in [0, 0.05) is 16.8 Å². The van der Waals surface area contributed by atoms with E-state index >= 15 is 0 Å². The largest absolute Gasteiger partial charge is 0.507 e. The van der Waals surface area contributed by atoms with Crippen LogP contribution in [0.3, 0.4) is 0 Å². The number of ketones is 1. The molecule has 3 heteroatoms. The summed E-state index contributed by atoms with van der Waals surface area (Å²) in [6.07, 6.45) is 0. The van der Waals surface area contributed by atoms with Crippen LogP contribution < -0.4 is 0 Å². The molecular weight excluding hydrogens is 166 g/mol. The van der Waals surface area contributed by atoms with Crippen LogP contribution >= 0.6 is 0 Å². The van der Waals surface area contributed by atoms with E-state index in [1.165, 1.54) is 13.0 Å². The molecule has 0 aliphatic carbocycles. The van der Waals surface area contributed by atoms with Gasteiger partial charge in [-0.3, -0.25) is 4.79 Å². The van der Waals surface area contributed by atoms with Crippen molar-refractivity contribution in [3.05, 3.63) is 29.3 Å². The highest BCUT2D eigenvalue weighted by molar-refractivity contribution is 6.01. The molecule has 0 atom stereocenters. The van der Waals surface area contributed by atoms with E-state index in [1.807, 2.05) is 0 Å². The number of nitrogens with one attached hydrogen (secondary N) is 1. The summed E-state index contributed by atoms with van der Waals surface area (Å²) in [5.74, 6) is -0.107. The maximum atomic E-state index is 10.9. The second kappa shape index (κ2) is 3.39. The summed E-state index contributed by atoms with van der Waals surface area (Å²) < 4.78 is 0. The Hall–Kier alpha value is -1.64. The van der Waals surface area contributed by atoms with Gasteiger partial charge in [0.05, 0.1) is 0 Å². The van der Waals surface area contributed by atoms with E-state index in [0.717, 1.165) is 0 Å². The lowest BCUT2D eigenvalue weighted by Gasteiger charge is -2.03. The Labute approximate surface area is 76.5 Å². The molecule has 1 aromatic carbocycles. The van der Waals surface area contributed by atoms with Gasteiger partial charge in [0.2, 0.25) is 0 Å². The molecule has 0 saturated heterocycles. The van der Waals surface area contributed by atoms with E-state index in [9.17, 15) is 9.90 Å². The van der Waals surface area contributed by atoms with E-state index in [0.29, 0.717) is 11.1 Å². The molecule has 0 aliphatic heterocycles. The van der Waals surface area contributed by atoms with Gasteiger partial charge in [-0.05, 0) is 26.0 Å². The predicted octanol–water partition coefficient (Wildman–Crippen LogP) is 1.98. The number of phenols is 1. The quantitative estimate of drug-likeness (QED) is 0.536. The maximum absolute atomic E-state index is 10.9. The highest BCUT2D eigenvalue weighted by atomic mass is 16.3. The first-order chi connectivity index (χ1) is 6.02. The van der Waals surface area contributed by atoms with Gasteiger partial charge in [-0.1, -0.05) is 6.07 Å². The summed E-state index contributed by atoms with van der Waals surface area (Å²) in [4.78, 5) is 10.9. The van der Waals surface area contributed by atoms with Gasteiger partial charge in [0.15, 0.2) is 5.78 Å². The third kappa shape index (κ3) is 1.93. The van der Waals surface area contributed by atoms with Crippen LogP contribution in [-0.2, 0) is 0 Å². The molecule has 1 aromatic rings. The van der Waals surface area contributed by atoms with Crippen molar-refractivity contribution in [3.8, 4) is 5.75 Å². The fourth-order valence-corrected chi connectivity index (χ4v) is 1.07. The van der Waals surface area contributed by atoms with E-state index in [1.54, 1.807) is 19.1 Å². The number of carbonyl (C=O) groups is 1. The number of aromatic hydroxyl groups is 1. The third-order valence-electron chi connectivity index (χ3n) is 1.81. The molecule has 1 rings (SSSR count). The number of hydrogen-bond acceptors (Lipinski definition) is 3. The Kier molecular flexibility index (Phi) is 2.46. The normalized spacial score (nSPS) is 9.69. The van der Waals surface area contributed by atoms with E-state index < -0.39 is 0 Å². The molecule has 3 nitrogen and oxygen atoms in total. The van der Waals surface area contributed by atoms with Crippen molar-refractivity contribution in [1.82, 2.24) is 0 Å². The monoisotopic (exact) mass is 177 g/mol. The molecule has 0 unspecified atom stereocenters. The molecule has 0 radical (unpaired) electrons. The topological polar surface area (TPSA) is 61.2 Å². The average Bonchev–Trinajstić information content (AvgIpc) is 2.03. The molecule has 68 valence electrons. The second-order valence-corrected chi connectivity index (χ2v) is 2.91. The zero-order valence-corrected chi connectivity index (χ0v) is 7.59. The van der Waals surface area contributed by atoms with Crippen molar-refractivity contribution < 1.29 is 9.90 Å². The highest BCUT2D eigenvalue weighted by Gasteiger charge is 2.06. The minimum absolute atomic E-state index is 0.0137. The Bertz CT molecular complexity index is 369. The molecule has 13 heavy (non-hydrogen) atoms. The first-order valence-electron chi connectivity index (χ1n) is 3.92. The Balaban J connectivity index is 3.20. The van der Waals surface area contributed by atoms with E-state index in [-0.39, 0.29) is 17.2 Å². The van der Waals surface area contributed by atoms with Gasteiger partial charge in [-0.15, -0.1) is 0 Å². The van der Waals surface area contributed by atoms with Gasteiger partial charge >= 0.3 is 0 Å². The van der Waals surface area contributed by atoms with Crippen molar-refractivity contribution >= 4 is 11.5 Å². The summed E-state index contributed by atoms with van der Waals surface area (Å²) in [5.41, 5.74) is 1.21. The number of Topliss-reactive ketones (excluding diaryl/α,β-unsaturated/α-hetero) is 1. The van der Waals surface area contributed by atoms with Crippen LogP contribution in [0.25, 0.3) is 0 Å². The van der Waals surface area contributed by atoms with E-state index in [4.69, 9.17) is 5.41 Å². The van der Waals surface area contributed by atoms with Gasteiger partial charge < -0.3 is 10.5 Å². The highest BCUT2D eigenvalue weighted by Crippen LogP contribution is 2.19. The molecule has 0 aromatic heterocycles. The van der Waals surface area contributed by atoms with Crippen molar-refractivity contribution in [2.45, 2.75) is 13.8 Å². The van der Waals surface area contributed by atoms with Crippen LogP contribution in [0.5, 0.6) is 5.75 Å². The molecule has 0 saturated carbocycles. The minimum atomic E-state index is -0.0931. The molecule has 0 fully saturated rings. The van der Waals surface area contributed by atoms with Gasteiger partial charge in [-0.25, -0.2) is 0 Å². The lowest BCUT2D eigenvalue weighted by molar-refractivity contribution is 0.101. The summed E-state index contributed by atoms with van der Waals surface area (Å²) in [6.45, 7) is 3.02. The fourth-order valence-electron chi connectivity index (χ4n) is 1.07. The lowest BCUT2D eigenvalue weighted by Crippen LogP contribution is -1.96. The summed E-state index contributed by atoms with van der Waals surface area (Å²) in [7, 11) is 0. The summed E-state index contributed by atoms with van der Waals surface area (Å²) in [6, 6.07) is 4.57. The first-order valence-corrected chi connectivity index (χ1v) is 3.92. The number of carbonyl (C=O) groups excluding carboxylic acids is 1. The van der Waals surface area contributed by atoms with Crippen LogP contribution in [0, 0.1) is 5.41 Å². The number of benzene rings is 1. The molecule has 0 spiro atoms. The Morgan fingerprint density at radius 3 is 2.38 bits per heavy atom. The van der Waals surface area contributed by atoms with Crippen LogP contribution in [0.2, 0.25) is 0 Å². The molecule has 2 N–H and O–H groups in total. The minimum Gasteiger partial charge on any atom is -0.507 e. The smallest absolute Gasteiger partial charge is 0.159 e. The standard InChI is InChI=1S/C10H11NO2/c1-6(11)9-4-3-8(7(2)12)5-10(9)13/h3-5,11,13H,1-2H3. The van der Waals surface area contributed by atoms with Crippen molar-refractivity contribution in [1.29, 1.82) is 5.41 Å². The second-order valence-electron chi connectivity index (χ2n) is 2.91. The van der Waals surface area contributed by atoms with Crippen molar-refractivity contribution in [3.63, 3.8) is 0 Å². The SMILES string of the molecule is CC(=N)c1ccc(C(C)=O)cc1O. The number of rotatable bonds is 2. The zero-order chi connectivity index (χ0) is 10.0.